The van der Waals surface area contributed by atoms with Crippen LogP contribution in [0.3, 0.4) is 0 Å². The predicted octanol–water partition coefficient (Wildman–Crippen LogP) is 4.71. The maximum Gasteiger partial charge on any atom is 0.0101 e. The molecule has 2 fully saturated rings. The molecule has 0 radical (unpaired) electrons. The summed E-state index contributed by atoms with van der Waals surface area (Å²) < 4.78 is 0. The van der Waals surface area contributed by atoms with Crippen LogP contribution in [-0.4, -0.2) is 24.0 Å². The Kier molecular flexibility index (Phi) is 3.60. The van der Waals surface area contributed by atoms with Crippen LogP contribution < -0.4 is 0 Å². The number of nitrogens with zero attached hydrogens (tertiary/aromatic N) is 1. The molecule has 2 aliphatic rings. The Morgan fingerprint density at radius 2 is 1.50 bits per heavy atom. The zero-order valence-corrected chi connectivity index (χ0v) is 13.5. The van der Waals surface area contributed by atoms with Crippen LogP contribution in [0.1, 0.15) is 73.6 Å². The summed E-state index contributed by atoms with van der Waals surface area (Å²) in [5.41, 5.74) is 1.32. The van der Waals surface area contributed by atoms with E-state index in [1.54, 1.807) is 0 Å². The van der Waals surface area contributed by atoms with Gasteiger partial charge in [-0.05, 0) is 55.0 Å². The predicted molar refractivity (Wildman–Crippen MR) is 79.8 cm³/mol. The van der Waals surface area contributed by atoms with Gasteiger partial charge in [0, 0.05) is 6.04 Å². The average molecular weight is 251 g/mol. The summed E-state index contributed by atoms with van der Waals surface area (Å²) in [5.74, 6) is 0. The molecule has 2 saturated heterocycles. The highest BCUT2D eigenvalue weighted by atomic mass is 15.2. The topological polar surface area (TPSA) is 3.24 Å². The van der Waals surface area contributed by atoms with Gasteiger partial charge < -0.3 is 4.90 Å². The molecule has 1 heteroatoms. The summed E-state index contributed by atoms with van der Waals surface area (Å²) in [6, 6.07) is 0.867. The molecule has 2 aliphatic heterocycles. The van der Waals surface area contributed by atoms with Crippen LogP contribution in [0, 0.1) is 16.2 Å². The summed E-state index contributed by atoms with van der Waals surface area (Å²) in [6.07, 6.45) is 7.12. The van der Waals surface area contributed by atoms with Gasteiger partial charge in [-0.3, -0.25) is 0 Å². The molecule has 0 aromatic carbocycles. The Morgan fingerprint density at radius 1 is 0.889 bits per heavy atom. The zero-order chi connectivity index (χ0) is 13.6. The lowest BCUT2D eigenvalue weighted by Crippen LogP contribution is -2.57. The number of hydrogen-bond donors (Lipinski definition) is 0. The number of rotatable bonds is 0. The van der Waals surface area contributed by atoms with Crippen LogP contribution in [0.2, 0.25) is 0 Å². The fourth-order valence-corrected chi connectivity index (χ4v) is 4.91. The smallest absolute Gasteiger partial charge is 0.0101 e. The van der Waals surface area contributed by atoms with Gasteiger partial charge in [-0.25, -0.2) is 0 Å². The third kappa shape index (κ3) is 2.24. The molecule has 1 unspecified atom stereocenters. The van der Waals surface area contributed by atoms with E-state index in [2.05, 4.69) is 46.4 Å². The number of fused-ring (bicyclic) bond motifs is 1. The molecule has 0 aromatic heterocycles. The molecular weight excluding hydrogens is 218 g/mol. The lowest BCUT2D eigenvalue weighted by molar-refractivity contribution is -0.108. The van der Waals surface area contributed by atoms with Crippen LogP contribution >= 0.6 is 0 Å². The van der Waals surface area contributed by atoms with Gasteiger partial charge in [0.05, 0.1) is 0 Å². The van der Waals surface area contributed by atoms with Gasteiger partial charge in [0.15, 0.2) is 0 Å². The molecular formula is C17H33N. The highest BCUT2D eigenvalue weighted by Crippen LogP contribution is 2.59. The Hall–Kier alpha value is -0.0400. The van der Waals surface area contributed by atoms with E-state index in [1.165, 1.54) is 45.2 Å². The van der Waals surface area contributed by atoms with Crippen molar-refractivity contribution in [2.75, 3.05) is 13.1 Å². The van der Waals surface area contributed by atoms with E-state index >= 15 is 0 Å². The molecule has 0 bridgehead atoms. The van der Waals surface area contributed by atoms with Crippen molar-refractivity contribution in [3.05, 3.63) is 0 Å². The monoisotopic (exact) mass is 251 g/mol. The minimum Gasteiger partial charge on any atom is -0.300 e. The van der Waals surface area contributed by atoms with Crippen molar-refractivity contribution in [2.24, 2.45) is 16.2 Å². The maximum absolute atomic E-state index is 2.78. The van der Waals surface area contributed by atoms with E-state index in [4.69, 9.17) is 0 Å². The molecule has 0 spiro atoms. The standard InChI is InChI=1S/C17H33N/c1-15(2,3)17(16(4,5)6)10-12-18-11-8-7-9-14(18)13-17/h14H,7-13H2,1-6H3. The third-order valence-corrected chi connectivity index (χ3v) is 6.03. The minimum atomic E-state index is 0.411. The van der Waals surface area contributed by atoms with Crippen molar-refractivity contribution >= 4 is 0 Å². The van der Waals surface area contributed by atoms with Crippen molar-refractivity contribution in [2.45, 2.75) is 79.7 Å². The van der Waals surface area contributed by atoms with Crippen LogP contribution in [0.15, 0.2) is 0 Å². The molecule has 1 nitrogen and oxygen atoms in total. The fraction of sp³-hybridized carbons (Fsp3) is 1.00. The summed E-state index contributed by atoms with van der Waals surface area (Å²) in [5, 5.41) is 0. The Morgan fingerprint density at radius 3 is 2.06 bits per heavy atom. The summed E-state index contributed by atoms with van der Waals surface area (Å²) in [4.78, 5) is 2.78. The Balaban J connectivity index is 2.27. The number of hydrogen-bond acceptors (Lipinski definition) is 1. The fourth-order valence-electron chi connectivity index (χ4n) is 4.91. The molecule has 0 aromatic rings. The first-order chi connectivity index (χ1) is 8.17. The molecule has 0 saturated carbocycles. The molecule has 2 rings (SSSR count). The molecule has 18 heavy (non-hydrogen) atoms. The molecule has 1 atom stereocenters. The van der Waals surface area contributed by atoms with E-state index in [9.17, 15) is 0 Å². The van der Waals surface area contributed by atoms with Crippen molar-refractivity contribution in [1.82, 2.24) is 4.90 Å². The van der Waals surface area contributed by atoms with E-state index in [-0.39, 0.29) is 0 Å². The summed E-state index contributed by atoms with van der Waals surface area (Å²) in [7, 11) is 0. The van der Waals surface area contributed by atoms with Gasteiger partial charge in [0.25, 0.3) is 0 Å². The van der Waals surface area contributed by atoms with Crippen molar-refractivity contribution < 1.29 is 0 Å². The molecule has 0 N–H and O–H groups in total. The van der Waals surface area contributed by atoms with Crippen molar-refractivity contribution in [3.63, 3.8) is 0 Å². The van der Waals surface area contributed by atoms with E-state index in [0.29, 0.717) is 16.2 Å². The van der Waals surface area contributed by atoms with Crippen molar-refractivity contribution in [1.29, 1.82) is 0 Å². The van der Waals surface area contributed by atoms with Crippen LogP contribution in [-0.2, 0) is 0 Å². The molecule has 0 aliphatic carbocycles. The van der Waals surface area contributed by atoms with E-state index in [1.807, 2.05) is 0 Å². The second kappa shape index (κ2) is 4.51. The Bertz CT molecular complexity index is 278. The molecule has 2 heterocycles. The second-order valence-electron chi connectivity index (χ2n) is 8.72. The lowest BCUT2D eigenvalue weighted by atomic mass is 9.49. The first kappa shape index (κ1) is 14.4. The van der Waals surface area contributed by atoms with E-state index in [0.717, 1.165) is 6.04 Å². The lowest BCUT2D eigenvalue weighted by Gasteiger charge is -2.60. The van der Waals surface area contributed by atoms with Gasteiger partial charge in [0.1, 0.15) is 0 Å². The maximum atomic E-state index is 2.78. The molecule has 0 amide bonds. The average Bonchev–Trinajstić information content (AvgIpc) is 2.25. The van der Waals surface area contributed by atoms with Gasteiger partial charge in [0.2, 0.25) is 0 Å². The SMILES string of the molecule is CC(C)(C)C1(C(C)(C)C)CCN2CCCCC2C1. The van der Waals surface area contributed by atoms with Crippen LogP contribution in [0.25, 0.3) is 0 Å². The first-order valence-corrected chi connectivity index (χ1v) is 7.91. The minimum absolute atomic E-state index is 0.411. The summed E-state index contributed by atoms with van der Waals surface area (Å²) >= 11 is 0. The zero-order valence-electron chi connectivity index (χ0n) is 13.5. The second-order valence-corrected chi connectivity index (χ2v) is 8.72. The first-order valence-electron chi connectivity index (χ1n) is 7.91. The highest BCUT2D eigenvalue weighted by Gasteiger charge is 2.53. The van der Waals surface area contributed by atoms with Gasteiger partial charge >= 0.3 is 0 Å². The van der Waals surface area contributed by atoms with Gasteiger partial charge in [-0.1, -0.05) is 48.0 Å². The van der Waals surface area contributed by atoms with Crippen molar-refractivity contribution in [3.8, 4) is 0 Å². The van der Waals surface area contributed by atoms with Crippen LogP contribution in [0.5, 0.6) is 0 Å². The van der Waals surface area contributed by atoms with Crippen LogP contribution in [0.4, 0.5) is 0 Å². The van der Waals surface area contributed by atoms with Gasteiger partial charge in [-0.2, -0.15) is 0 Å². The highest BCUT2D eigenvalue weighted by molar-refractivity contribution is 5.04. The van der Waals surface area contributed by atoms with Gasteiger partial charge in [-0.15, -0.1) is 0 Å². The van der Waals surface area contributed by atoms with E-state index < -0.39 is 0 Å². The quantitative estimate of drug-likeness (QED) is 0.602. The summed E-state index contributed by atoms with van der Waals surface area (Å²) in [6.45, 7) is 17.5. The largest absolute Gasteiger partial charge is 0.300 e. The Labute approximate surface area is 114 Å². The number of piperidine rings is 2. The normalized spacial score (nSPS) is 30.0. The molecule has 106 valence electrons. The third-order valence-electron chi connectivity index (χ3n) is 6.03.